The Morgan fingerprint density at radius 3 is 2.21 bits per heavy atom. The number of halogens is 1. The van der Waals surface area contributed by atoms with Crippen LogP contribution in [-0.2, 0) is 0 Å². The second kappa shape index (κ2) is 8.84. The molecule has 2 aromatic rings. The van der Waals surface area contributed by atoms with E-state index in [1.165, 1.54) is 51.4 Å². The molecule has 0 aliphatic heterocycles. The number of fused-ring (bicyclic) bond motifs is 1. The van der Waals surface area contributed by atoms with Crippen molar-refractivity contribution in [3.8, 4) is 5.75 Å². The van der Waals surface area contributed by atoms with Crippen LogP contribution < -0.4 is 4.74 Å². The zero-order valence-electron chi connectivity index (χ0n) is 17.6. The van der Waals surface area contributed by atoms with Gasteiger partial charge in [-0.3, -0.25) is 0 Å². The zero-order chi connectivity index (χ0) is 19.5. The molecule has 0 atom stereocenters. The van der Waals surface area contributed by atoms with Crippen molar-refractivity contribution in [2.24, 2.45) is 17.8 Å². The van der Waals surface area contributed by atoms with Crippen LogP contribution in [0.2, 0.25) is 0 Å². The van der Waals surface area contributed by atoms with Gasteiger partial charge < -0.3 is 4.74 Å². The van der Waals surface area contributed by atoms with E-state index in [1.807, 2.05) is 24.3 Å². The number of hydrogen-bond acceptors (Lipinski definition) is 1. The van der Waals surface area contributed by atoms with E-state index in [0.29, 0.717) is 5.92 Å². The average Bonchev–Trinajstić information content (AvgIpc) is 2.75. The number of rotatable bonds is 5. The Labute approximate surface area is 169 Å². The number of benzene rings is 2. The van der Waals surface area contributed by atoms with Gasteiger partial charge in [-0.1, -0.05) is 44.7 Å². The van der Waals surface area contributed by atoms with E-state index in [2.05, 4.69) is 13.0 Å². The summed E-state index contributed by atoms with van der Waals surface area (Å²) in [5.41, 5.74) is 0.933. The van der Waals surface area contributed by atoms with Gasteiger partial charge >= 0.3 is 0 Å². The summed E-state index contributed by atoms with van der Waals surface area (Å²) < 4.78 is 20.5. The molecule has 152 valence electrons. The van der Waals surface area contributed by atoms with Crippen LogP contribution in [0.15, 0.2) is 30.3 Å². The van der Waals surface area contributed by atoms with Crippen molar-refractivity contribution in [1.29, 1.82) is 0 Å². The Kier molecular flexibility index (Phi) is 6.23. The standard InChI is InChI=1S/C26H35FO/c1-3-4-18-5-7-19(8-6-18)20-9-11-21(12-10-20)24-15-13-22-17-23(28-2)14-16-25(22)26(24)27/h13-21H,3-12H2,1-2H3. The Morgan fingerprint density at radius 1 is 0.893 bits per heavy atom. The monoisotopic (exact) mass is 382 g/mol. The van der Waals surface area contributed by atoms with Crippen molar-refractivity contribution in [2.45, 2.75) is 77.0 Å². The smallest absolute Gasteiger partial charge is 0.134 e. The maximum atomic E-state index is 15.2. The molecule has 0 heterocycles. The molecule has 2 fully saturated rings. The lowest BCUT2D eigenvalue weighted by Gasteiger charge is -2.38. The second-order valence-corrected chi connectivity index (χ2v) is 9.24. The van der Waals surface area contributed by atoms with Gasteiger partial charge in [-0.2, -0.15) is 0 Å². The third kappa shape index (κ3) is 4.07. The first-order chi connectivity index (χ1) is 13.7. The quantitative estimate of drug-likeness (QED) is 0.511. The van der Waals surface area contributed by atoms with Crippen molar-refractivity contribution in [1.82, 2.24) is 0 Å². The third-order valence-electron chi connectivity index (χ3n) is 7.66. The maximum absolute atomic E-state index is 15.2. The minimum atomic E-state index is -0.0105. The molecule has 0 radical (unpaired) electrons. The van der Waals surface area contributed by atoms with Crippen molar-refractivity contribution < 1.29 is 9.13 Å². The molecule has 2 saturated carbocycles. The molecule has 28 heavy (non-hydrogen) atoms. The molecule has 2 aromatic carbocycles. The lowest BCUT2D eigenvalue weighted by molar-refractivity contribution is 0.156. The number of methoxy groups -OCH3 is 1. The Morgan fingerprint density at radius 2 is 1.57 bits per heavy atom. The molecular formula is C26H35FO. The van der Waals surface area contributed by atoms with Gasteiger partial charge in [0.25, 0.3) is 0 Å². The minimum absolute atomic E-state index is 0.0105. The van der Waals surface area contributed by atoms with Crippen LogP contribution in [0, 0.1) is 23.6 Å². The second-order valence-electron chi connectivity index (χ2n) is 9.24. The first kappa shape index (κ1) is 19.7. The van der Waals surface area contributed by atoms with Gasteiger partial charge in [-0.25, -0.2) is 4.39 Å². The maximum Gasteiger partial charge on any atom is 0.134 e. The highest BCUT2D eigenvalue weighted by Crippen LogP contribution is 2.45. The fourth-order valence-corrected chi connectivity index (χ4v) is 5.99. The van der Waals surface area contributed by atoms with Crippen LogP contribution in [-0.4, -0.2) is 7.11 Å². The first-order valence-corrected chi connectivity index (χ1v) is 11.5. The molecule has 1 nitrogen and oxygen atoms in total. The van der Waals surface area contributed by atoms with Gasteiger partial charge in [0.2, 0.25) is 0 Å². The highest BCUT2D eigenvalue weighted by atomic mass is 19.1. The molecule has 0 amide bonds. The van der Waals surface area contributed by atoms with Crippen molar-refractivity contribution >= 4 is 10.8 Å². The van der Waals surface area contributed by atoms with E-state index in [0.717, 1.165) is 52.7 Å². The summed E-state index contributed by atoms with van der Waals surface area (Å²) in [6, 6.07) is 9.75. The lowest BCUT2D eigenvalue weighted by Crippen LogP contribution is -2.25. The number of hydrogen-bond donors (Lipinski definition) is 0. The SMILES string of the molecule is CCCC1CCC(C2CCC(c3ccc4cc(OC)ccc4c3F)CC2)CC1. The van der Waals surface area contributed by atoms with E-state index < -0.39 is 0 Å². The largest absolute Gasteiger partial charge is 0.497 e. The molecule has 2 aliphatic carbocycles. The number of ether oxygens (including phenoxy) is 1. The molecule has 0 unspecified atom stereocenters. The van der Waals surface area contributed by atoms with Crippen molar-refractivity contribution in [2.75, 3.05) is 7.11 Å². The van der Waals surface area contributed by atoms with E-state index in [4.69, 9.17) is 4.74 Å². The van der Waals surface area contributed by atoms with Crippen LogP contribution >= 0.6 is 0 Å². The predicted molar refractivity (Wildman–Crippen MR) is 116 cm³/mol. The van der Waals surface area contributed by atoms with E-state index in [9.17, 15) is 0 Å². The van der Waals surface area contributed by atoms with Gasteiger partial charge in [0.1, 0.15) is 11.6 Å². The zero-order valence-corrected chi connectivity index (χ0v) is 17.6. The van der Waals surface area contributed by atoms with Crippen LogP contribution in [0.3, 0.4) is 0 Å². The highest BCUT2D eigenvalue weighted by Gasteiger charge is 2.32. The lowest BCUT2D eigenvalue weighted by atomic mass is 9.68. The van der Waals surface area contributed by atoms with Crippen LogP contribution in [0.25, 0.3) is 10.8 Å². The normalized spacial score (nSPS) is 28.4. The van der Waals surface area contributed by atoms with Crippen molar-refractivity contribution in [3.05, 3.63) is 41.7 Å². The summed E-state index contributed by atoms with van der Waals surface area (Å²) in [4.78, 5) is 0. The Bertz CT molecular complexity index is 782. The molecule has 0 bridgehead atoms. The van der Waals surface area contributed by atoms with Crippen LogP contribution in [0.5, 0.6) is 5.75 Å². The van der Waals surface area contributed by atoms with Crippen LogP contribution in [0.1, 0.15) is 82.6 Å². The predicted octanol–water partition coefficient (Wildman–Crippen LogP) is 7.87. The van der Waals surface area contributed by atoms with Gasteiger partial charge in [0.05, 0.1) is 7.11 Å². The molecule has 0 spiro atoms. The van der Waals surface area contributed by atoms with Gasteiger partial charge in [0, 0.05) is 5.39 Å². The fraction of sp³-hybridized carbons (Fsp3) is 0.615. The summed E-state index contributed by atoms with van der Waals surface area (Å²) in [5.74, 6) is 3.97. The van der Waals surface area contributed by atoms with Gasteiger partial charge in [0.15, 0.2) is 0 Å². The summed E-state index contributed by atoms with van der Waals surface area (Å²) >= 11 is 0. The molecule has 4 rings (SSSR count). The Hall–Kier alpha value is -1.57. The molecule has 0 N–H and O–H groups in total. The van der Waals surface area contributed by atoms with E-state index in [-0.39, 0.29) is 5.82 Å². The summed E-state index contributed by atoms with van der Waals surface area (Å²) in [7, 11) is 1.65. The molecular weight excluding hydrogens is 347 g/mol. The molecule has 0 saturated heterocycles. The summed E-state index contributed by atoms with van der Waals surface area (Å²) in [6.45, 7) is 2.32. The highest BCUT2D eigenvalue weighted by molar-refractivity contribution is 5.85. The van der Waals surface area contributed by atoms with Crippen LogP contribution in [0.4, 0.5) is 4.39 Å². The third-order valence-corrected chi connectivity index (χ3v) is 7.66. The topological polar surface area (TPSA) is 9.23 Å². The average molecular weight is 383 g/mol. The van der Waals surface area contributed by atoms with Gasteiger partial charge in [-0.15, -0.1) is 0 Å². The van der Waals surface area contributed by atoms with Crippen molar-refractivity contribution in [3.63, 3.8) is 0 Å². The fourth-order valence-electron chi connectivity index (χ4n) is 5.99. The van der Waals surface area contributed by atoms with E-state index in [1.54, 1.807) is 7.11 Å². The molecule has 0 aromatic heterocycles. The summed E-state index contributed by atoms with van der Waals surface area (Å²) in [5, 5.41) is 1.66. The molecule has 2 aliphatic rings. The first-order valence-electron chi connectivity index (χ1n) is 11.5. The minimum Gasteiger partial charge on any atom is -0.497 e. The molecule has 2 heteroatoms. The summed E-state index contributed by atoms with van der Waals surface area (Å²) in [6.07, 6.45) is 13.4. The van der Waals surface area contributed by atoms with E-state index >= 15 is 4.39 Å². The Balaban J connectivity index is 1.39. The van der Waals surface area contributed by atoms with Gasteiger partial charge in [-0.05, 0) is 91.3 Å².